The number of carbonyl (C=O) groups excluding carboxylic acids is 2. The monoisotopic (exact) mass is 316 g/mol. The molecule has 1 N–H and O–H groups in total. The third kappa shape index (κ3) is 4.90. The lowest BCUT2D eigenvalue weighted by molar-refractivity contribution is -0.133. The van der Waals surface area contributed by atoms with Crippen molar-refractivity contribution in [2.75, 3.05) is 26.2 Å². The average molecular weight is 316 g/mol. The number of Topliss-reactive ketones (excluding diaryl/α,β-unsaturated/α-hetero) is 1. The number of amides is 1. The molecule has 23 heavy (non-hydrogen) atoms. The minimum absolute atomic E-state index is 0.151. The molecule has 4 heteroatoms. The molecule has 1 saturated heterocycles. The summed E-state index contributed by atoms with van der Waals surface area (Å²) in [6.45, 7) is 7.28. The molecule has 4 nitrogen and oxygen atoms in total. The van der Waals surface area contributed by atoms with Gasteiger partial charge in [0.1, 0.15) is 0 Å². The first kappa shape index (κ1) is 17.7. The van der Waals surface area contributed by atoms with Crippen LogP contribution in [-0.4, -0.2) is 42.8 Å². The van der Waals surface area contributed by atoms with E-state index in [0.29, 0.717) is 6.42 Å². The van der Waals surface area contributed by atoms with Gasteiger partial charge in [-0.3, -0.25) is 9.59 Å². The lowest BCUT2D eigenvalue weighted by Gasteiger charge is -2.39. The van der Waals surface area contributed by atoms with Gasteiger partial charge < -0.3 is 10.2 Å². The van der Waals surface area contributed by atoms with Crippen LogP contribution >= 0.6 is 0 Å². The number of hydrogen-bond donors (Lipinski definition) is 1. The second-order valence-corrected chi connectivity index (χ2v) is 6.74. The molecule has 1 heterocycles. The number of likely N-dealkylation sites (tertiary alicyclic amines) is 1. The largest absolute Gasteiger partial charge is 0.356 e. The lowest BCUT2D eigenvalue weighted by Crippen LogP contribution is -2.50. The summed E-state index contributed by atoms with van der Waals surface area (Å²) in [6, 6.07) is 9.43. The molecule has 1 aromatic rings. The molecule has 1 fully saturated rings. The van der Waals surface area contributed by atoms with Crippen molar-refractivity contribution in [2.24, 2.45) is 5.41 Å². The highest BCUT2D eigenvalue weighted by Crippen LogP contribution is 2.29. The van der Waals surface area contributed by atoms with Crippen molar-refractivity contribution in [2.45, 2.75) is 39.5 Å². The van der Waals surface area contributed by atoms with E-state index in [1.165, 1.54) is 0 Å². The Labute approximate surface area is 139 Å². The summed E-state index contributed by atoms with van der Waals surface area (Å²) >= 11 is 0. The molecule has 126 valence electrons. The fraction of sp³-hybridized carbons (Fsp3) is 0.579. The van der Waals surface area contributed by atoms with Gasteiger partial charge in [0.15, 0.2) is 5.78 Å². The molecule has 1 aliphatic heterocycles. The number of nitrogens with one attached hydrogen (secondary N) is 1. The molecule has 0 aliphatic carbocycles. The first-order valence-electron chi connectivity index (χ1n) is 8.64. The van der Waals surface area contributed by atoms with Gasteiger partial charge in [-0.1, -0.05) is 37.3 Å². The Balaban J connectivity index is 1.86. The van der Waals surface area contributed by atoms with Crippen LogP contribution in [0.1, 0.15) is 49.9 Å². The van der Waals surface area contributed by atoms with Crippen molar-refractivity contribution in [3.63, 3.8) is 0 Å². The molecule has 2 rings (SSSR count). The molecule has 1 aromatic carbocycles. The van der Waals surface area contributed by atoms with Gasteiger partial charge in [0.25, 0.3) is 0 Å². The lowest BCUT2D eigenvalue weighted by atomic mass is 9.81. The summed E-state index contributed by atoms with van der Waals surface area (Å²) in [7, 11) is 0. The molecule has 1 aliphatic rings. The summed E-state index contributed by atoms with van der Waals surface area (Å²) in [4.78, 5) is 26.9. The van der Waals surface area contributed by atoms with E-state index in [9.17, 15) is 9.59 Å². The summed E-state index contributed by atoms with van der Waals surface area (Å²) in [5.74, 6) is 0.326. The summed E-state index contributed by atoms with van der Waals surface area (Å²) in [6.07, 6.45) is 3.40. The number of carbonyl (C=O) groups is 2. The Bertz CT molecular complexity index is 529. The predicted octanol–water partition coefficient (Wildman–Crippen LogP) is 2.89. The smallest absolute Gasteiger partial charge is 0.227 e. The minimum atomic E-state index is -0.330. The zero-order valence-corrected chi connectivity index (χ0v) is 14.3. The topological polar surface area (TPSA) is 49.4 Å². The van der Waals surface area contributed by atoms with E-state index in [2.05, 4.69) is 17.1 Å². The van der Waals surface area contributed by atoms with Crippen molar-refractivity contribution in [1.29, 1.82) is 0 Å². The number of ketones is 1. The Kier molecular flexibility index (Phi) is 6.34. The second-order valence-electron chi connectivity index (χ2n) is 6.74. The van der Waals surface area contributed by atoms with Crippen molar-refractivity contribution in [1.82, 2.24) is 10.2 Å². The van der Waals surface area contributed by atoms with E-state index >= 15 is 0 Å². The van der Waals surface area contributed by atoms with E-state index in [1.54, 1.807) is 0 Å². The highest BCUT2D eigenvalue weighted by molar-refractivity contribution is 5.96. The summed E-state index contributed by atoms with van der Waals surface area (Å²) in [5.41, 5.74) is 0.441. The van der Waals surface area contributed by atoms with Gasteiger partial charge in [0.2, 0.25) is 5.91 Å². The summed E-state index contributed by atoms with van der Waals surface area (Å²) in [5, 5.41) is 3.02. The van der Waals surface area contributed by atoms with Crippen molar-refractivity contribution in [3.8, 4) is 0 Å². The quantitative estimate of drug-likeness (QED) is 0.787. The molecule has 0 saturated carbocycles. The Morgan fingerprint density at radius 1 is 1.26 bits per heavy atom. The minimum Gasteiger partial charge on any atom is -0.356 e. The van der Waals surface area contributed by atoms with E-state index in [4.69, 9.17) is 0 Å². The van der Waals surface area contributed by atoms with Crippen LogP contribution < -0.4 is 5.32 Å². The van der Waals surface area contributed by atoms with E-state index in [-0.39, 0.29) is 17.1 Å². The zero-order valence-electron chi connectivity index (χ0n) is 14.3. The van der Waals surface area contributed by atoms with Crippen molar-refractivity contribution >= 4 is 11.7 Å². The van der Waals surface area contributed by atoms with Gasteiger partial charge >= 0.3 is 0 Å². The van der Waals surface area contributed by atoms with Crippen LogP contribution in [0.3, 0.4) is 0 Å². The van der Waals surface area contributed by atoms with Crippen LogP contribution in [0.2, 0.25) is 0 Å². The maximum atomic E-state index is 12.4. The molecular weight excluding hydrogens is 288 g/mol. The Morgan fingerprint density at radius 3 is 2.70 bits per heavy atom. The fourth-order valence-electron chi connectivity index (χ4n) is 3.20. The third-order valence-electron chi connectivity index (χ3n) is 4.61. The number of piperidine rings is 1. The number of rotatable bonds is 7. The van der Waals surface area contributed by atoms with Crippen LogP contribution in [0.4, 0.5) is 0 Å². The normalized spacial score (nSPS) is 21.8. The third-order valence-corrected chi connectivity index (χ3v) is 4.61. The van der Waals surface area contributed by atoms with Crippen LogP contribution in [0.5, 0.6) is 0 Å². The highest BCUT2D eigenvalue weighted by Gasteiger charge is 2.37. The predicted molar refractivity (Wildman–Crippen MR) is 92.5 cm³/mol. The average Bonchev–Trinajstić information content (AvgIpc) is 2.58. The number of hydrogen-bond acceptors (Lipinski definition) is 3. The van der Waals surface area contributed by atoms with E-state index < -0.39 is 0 Å². The molecule has 0 bridgehead atoms. The molecular formula is C19H28N2O2. The van der Waals surface area contributed by atoms with Gasteiger partial charge in [0, 0.05) is 31.6 Å². The maximum Gasteiger partial charge on any atom is 0.227 e. The molecule has 0 radical (unpaired) electrons. The number of nitrogens with zero attached hydrogens (tertiary/aromatic N) is 1. The number of benzene rings is 1. The SMILES string of the molecule is CCCNC(=O)C1(C)CCCN(CCC(=O)c2ccccc2)C1. The van der Waals surface area contributed by atoms with Gasteiger partial charge in [0.05, 0.1) is 5.41 Å². The fourth-order valence-corrected chi connectivity index (χ4v) is 3.20. The Hall–Kier alpha value is -1.68. The molecule has 1 unspecified atom stereocenters. The maximum absolute atomic E-state index is 12.4. The summed E-state index contributed by atoms with van der Waals surface area (Å²) < 4.78 is 0. The van der Waals surface area contributed by atoms with E-state index in [1.807, 2.05) is 37.3 Å². The second kappa shape index (κ2) is 8.25. The first-order chi connectivity index (χ1) is 11.0. The van der Waals surface area contributed by atoms with Crippen molar-refractivity contribution in [3.05, 3.63) is 35.9 Å². The highest BCUT2D eigenvalue weighted by atomic mass is 16.2. The van der Waals surface area contributed by atoms with Gasteiger partial charge in [-0.25, -0.2) is 0 Å². The molecule has 1 atom stereocenters. The first-order valence-corrected chi connectivity index (χ1v) is 8.64. The van der Waals surface area contributed by atoms with Crippen LogP contribution in [0.15, 0.2) is 30.3 Å². The molecule has 1 amide bonds. The molecule has 0 aromatic heterocycles. The van der Waals surface area contributed by atoms with E-state index in [0.717, 1.165) is 51.0 Å². The Morgan fingerprint density at radius 2 is 2.00 bits per heavy atom. The van der Waals surface area contributed by atoms with Crippen LogP contribution in [0, 0.1) is 5.41 Å². The van der Waals surface area contributed by atoms with Crippen molar-refractivity contribution < 1.29 is 9.59 Å². The van der Waals surface area contributed by atoms with Crippen LogP contribution in [-0.2, 0) is 4.79 Å². The van der Waals surface area contributed by atoms with Gasteiger partial charge in [-0.05, 0) is 32.7 Å². The van der Waals surface area contributed by atoms with Crippen LogP contribution in [0.25, 0.3) is 0 Å². The zero-order chi connectivity index (χ0) is 16.7. The standard InChI is InChI=1S/C19H28N2O2/c1-3-12-20-18(23)19(2)11-7-13-21(15-19)14-10-17(22)16-8-5-4-6-9-16/h4-6,8-9H,3,7,10-15H2,1-2H3,(H,20,23). The van der Waals surface area contributed by atoms with Gasteiger partial charge in [-0.15, -0.1) is 0 Å². The molecule has 0 spiro atoms. The van der Waals surface area contributed by atoms with Gasteiger partial charge in [-0.2, -0.15) is 0 Å².